The van der Waals surface area contributed by atoms with E-state index in [9.17, 15) is 9.59 Å². The van der Waals surface area contributed by atoms with E-state index >= 15 is 0 Å². The third kappa shape index (κ3) is 4.64. The van der Waals surface area contributed by atoms with E-state index in [1.807, 2.05) is 60.0 Å². The lowest BCUT2D eigenvalue weighted by molar-refractivity contribution is 0.0939. The van der Waals surface area contributed by atoms with Crippen LogP contribution in [0.2, 0.25) is 0 Å². The van der Waals surface area contributed by atoms with E-state index in [0.717, 1.165) is 16.1 Å². The summed E-state index contributed by atoms with van der Waals surface area (Å²) in [4.78, 5) is 30.3. The fraction of sp³-hybridized carbons (Fsp3) is 0.0400. The quantitative estimate of drug-likeness (QED) is 0.357. The summed E-state index contributed by atoms with van der Waals surface area (Å²) in [6.07, 6.45) is 1.45. The molecule has 168 valence electrons. The van der Waals surface area contributed by atoms with E-state index in [-0.39, 0.29) is 23.4 Å². The number of anilines is 1. The van der Waals surface area contributed by atoms with Crippen molar-refractivity contribution in [2.24, 2.45) is 0 Å². The first kappa shape index (κ1) is 21.4. The molecule has 0 spiro atoms. The van der Waals surface area contributed by atoms with Crippen LogP contribution in [0.4, 0.5) is 5.69 Å². The fourth-order valence-corrected chi connectivity index (χ4v) is 3.99. The van der Waals surface area contributed by atoms with E-state index in [1.165, 1.54) is 17.6 Å². The van der Waals surface area contributed by atoms with Gasteiger partial charge in [0, 0.05) is 12.2 Å². The van der Waals surface area contributed by atoms with Gasteiger partial charge in [-0.2, -0.15) is 0 Å². The van der Waals surface area contributed by atoms with Gasteiger partial charge in [-0.05, 0) is 53.4 Å². The lowest BCUT2D eigenvalue weighted by atomic mass is 10.2. The van der Waals surface area contributed by atoms with Crippen LogP contribution < -0.4 is 10.6 Å². The molecule has 0 aliphatic carbocycles. The standard InChI is InChI=1S/C25H19N5O3S/c31-24(20-8-4-14-33-20)27-18-12-10-17(11-13-18)16-26-25(32)22-28-23(21-9-5-15-34-21)30(29-22)19-6-2-1-3-7-19/h1-15H,16H2,(H,26,32)(H,27,31). The number of hydrogen-bond acceptors (Lipinski definition) is 6. The van der Waals surface area contributed by atoms with Crippen LogP contribution in [0.25, 0.3) is 16.4 Å². The molecule has 5 rings (SSSR count). The van der Waals surface area contributed by atoms with E-state index in [1.54, 1.807) is 28.9 Å². The normalized spacial score (nSPS) is 10.7. The van der Waals surface area contributed by atoms with Crippen molar-refractivity contribution in [1.29, 1.82) is 0 Å². The number of benzene rings is 2. The lowest BCUT2D eigenvalue weighted by Crippen LogP contribution is -2.24. The molecule has 34 heavy (non-hydrogen) atoms. The molecule has 3 aromatic heterocycles. The van der Waals surface area contributed by atoms with Crippen LogP contribution in [0.15, 0.2) is 94.9 Å². The maximum atomic E-state index is 12.8. The molecule has 3 heterocycles. The zero-order chi connectivity index (χ0) is 23.3. The Bertz CT molecular complexity index is 1390. The molecule has 0 unspecified atom stereocenters. The number of thiophene rings is 1. The highest BCUT2D eigenvalue weighted by Gasteiger charge is 2.19. The molecule has 5 aromatic rings. The number of hydrogen-bond donors (Lipinski definition) is 2. The molecule has 8 nitrogen and oxygen atoms in total. The Morgan fingerprint density at radius 2 is 1.74 bits per heavy atom. The smallest absolute Gasteiger partial charge is 0.291 e. The summed E-state index contributed by atoms with van der Waals surface area (Å²) in [6.45, 7) is 0.291. The molecular formula is C25H19N5O3S. The van der Waals surface area contributed by atoms with Gasteiger partial charge >= 0.3 is 0 Å². The maximum Gasteiger partial charge on any atom is 0.291 e. The van der Waals surface area contributed by atoms with Crippen LogP contribution in [-0.4, -0.2) is 26.6 Å². The zero-order valence-electron chi connectivity index (χ0n) is 17.8. The van der Waals surface area contributed by atoms with E-state index < -0.39 is 0 Å². The van der Waals surface area contributed by atoms with Gasteiger partial charge in [0.2, 0.25) is 5.82 Å². The Morgan fingerprint density at radius 3 is 2.44 bits per heavy atom. The molecule has 0 radical (unpaired) electrons. The molecule has 0 bridgehead atoms. The van der Waals surface area contributed by atoms with Crippen molar-refractivity contribution in [3.8, 4) is 16.4 Å². The summed E-state index contributed by atoms with van der Waals surface area (Å²) in [7, 11) is 0. The summed E-state index contributed by atoms with van der Waals surface area (Å²) >= 11 is 1.53. The number of para-hydroxylation sites is 1. The number of carbonyl (C=O) groups excluding carboxylic acids is 2. The number of rotatable bonds is 7. The van der Waals surface area contributed by atoms with Crippen molar-refractivity contribution < 1.29 is 14.0 Å². The average molecular weight is 470 g/mol. The van der Waals surface area contributed by atoms with Gasteiger partial charge in [-0.15, -0.1) is 16.4 Å². The minimum atomic E-state index is -0.373. The average Bonchev–Trinajstić information content (AvgIpc) is 3.65. The highest BCUT2D eigenvalue weighted by molar-refractivity contribution is 7.13. The molecule has 2 aromatic carbocycles. The molecule has 0 aliphatic rings. The highest BCUT2D eigenvalue weighted by atomic mass is 32.1. The fourth-order valence-electron chi connectivity index (χ4n) is 3.29. The summed E-state index contributed by atoms with van der Waals surface area (Å²) in [5, 5.41) is 12.0. The Hall–Kier alpha value is -4.50. The number of furan rings is 1. The van der Waals surface area contributed by atoms with Crippen LogP contribution in [0, 0.1) is 0 Å². The minimum Gasteiger partial charge on any atom is -0.459 e. The Morgan fingerprint density at radius 1 is 0.912 bits per heavy atom. The van der Waals surface area contributed by atoms with Crippen LogP contribution >= 0.6 is 11.3 Å². The van der Waals surface area contributed by atoms with Gasteiger partial charge in [0.05, 0.1) is 16.8 Å². The first-order valence-electron chi connectivity index (χ1n) is 10.5. The van der Waals surface area contributed by atoms with Crippen molar-refractivity contribution in [2.75, 3.05) is 5.32 Å². The van der Waals surface area contributed by atoms with Crippen molar-refractivity contribution >= 4 is 28.8 Å². The summed E-state index contributed by atoms with van der Waals surface area (Å²) in [5.74, 6) is 0.244. The molecular weight excluding hydrogens is 450 g/mol. The molecule has 0 saturated carbocycles. The van der Waals surface area contributed by atoms with Crippen molar-refractivity contribution in [3.63, 3.8) is 0 Å². The topological polar surface area (TPSA) is 102 Å². The number of amides is 2. The monoisotopic (exact) mass is 469 g/mol. The van der Waals surface area contributed by atoms with Gasteiger partial charge in [0.15, 0.2) is 11.6 Å². The Balaban J connectivity index is 1.27. The van der Waals surface area contributed by atoms with Crippen molar-refractivity contribution in [3.05, 3.63) is 108 Å². The zero-order valence-corrected chi connectivity index (χ0v) is 18.7. The Kier molecular flexibility index (Phi) is 6.00. The second-order valence-corrected chi connectivity index (χ2v) is 8.24. The Labute approximate surface area is 198 Å². The summed E-state index contributed by atoms with van der Waals surface area (Å²) in [6, 6.07) is 23.9. The number of carbonyl (C=O) groups is 2. The van der Waals surface area contributed by atoms with E-state index in [0.29, 0.717) is 18.1 Å². The molecule has 0 atom stereocenters. The summed E-state index contributed by atoms with van der Waals surface area (Å²) in [5.41, 5.74) is 2.32. The number of aromatic nitrogens is 3. The molecule has 0 aliphatic heterocycles. The van der Waals surface area contributed by atoms with Gasteiger partial charge in [-0.1, -0.05) is 36.4 Å². The van der Waals surface area contributed by atoms with Crippen molar-refractivity contribution in [2.45, 2.75) is 6.54 Å². The van der Waals surface area contributed by atoms with Gasteiger partial charge in [0.25, 0.3) is 11.8 Å². The lowest BCUT2D eigenvalue weighted by Gasteiger charge is -2.06. The third-order valence-electron chi connectivity index (χ3n) is 4.96. The predicted molar refractivity (Wildman–Crippen MR) is 129 cm³/mol. The molecule has 0 fully saturated rings. The molecule has 9 heteroatoms. The maximum absolute atomic E-state index is 12.8. The highest BCUT2D eigenvalue weighted by Crippen LogP contribution is 2.25. The SMILES string of the molecule is O=C(NCc1ccc(NC(=O)c2ccco2)cc1)c1nc(-c2cccs2)n(-c2ccccc2)n1. The van der Waals surface area contributed by atoms with Crippen LogP contribution in [0.5, 0.6) is 0 Å². The van der Waals surface area contributed by atoms with Crippen LogP contribution in [0.1, 0.15) is 26.7 Å². The molecule has 2 amide bonds. The van der Waals surface area contributed by atoms with Crippen molar-refractivity contribution in [1.82, 2.24) is 20.1 Å². The molecule has 0 saturated heterocycles. The second kappa shape index (κ2) is 9.55. The van der Waals surface area contributed by atoms with Crippen LogP contribution in [0.3, 0.4) is 0 Å². The first-order chi connectivity index (χ1) is 16.7. The summed E-state index contributed by atoms with van der Waals surface area (Å²) < 4.78 is 6.77. The van der Waals surface area contributed by atoms with E-state index in [2.05, 4.69) is 20.7 Å². The second-order valence-electron chi connectivity index (χ2n) is 7.29. The number of nitrogens with zero attached hydrogens (tertiary/aromatic N) is 3. The predicted octanol–water partition coefficient (Wildman–Crippen LogP) is 4.77. The van der Waals surface area contributed by atoms with E-state index in [4.69, 9.17) is 4.42 Å². The van der Waals surface area contributed by atoms with Gasteiger partial charge in [0.1, 0.15) is 0 Å². The van der Waals surface area contributed by atoms with Gasteiger partial charge in [-0.25, -0.2) is 9.67 Å². The van der Waals surface area contributed by atoms with Crippen LogP contribution in [-0.2, 0) is 6.54 Å². The van der Waals surface area contributed by atoms with Gasteiger partial charge < -0.3 is 15.1 Å². The van der Waals surface area contributed by atoms with Gasteiger partial charge in [-0.3, -0.25) is 9.59 Å². The molecule has 2 N–H and O–H groups in total. The minimum absolute atomic E-state index is 0.0922. The largest absolute Gasteiger partial charge is 0.459 e. The first-order valence-corrected chi connectivity index (χ1v) is 11.3. The third-order valence-corrected chi connectivity index (χ3v) is 5.83. The number of nitrogens with one attached hydrogen (secondary N) is 2.